The second kappa shape index (κ2) is 4.74. The average molecular weight is 228 g/mol. The lowest BCUT2D eigenvalue weighted by Gasteiger charge is -2.31. The van der Waals surface area contributed by atoms with Crippen LogP contribution in [0.3, 0.4) is 0 Å². The maximum Gasteiger partial charge on any atom is 0.242 e. The van der Waals surface area contributed by atoms with E-state index in [2.05, 4.69) is 17.1 Å². The van der Waals surface area contributed by atoms with Crippen molar-refractivity contribution in [3.63, 3.8) is 0 Å². The SMILES string of the molecule is CC1(C(=O)N2CCCSCC2)CCCN1. The zero-order valence-electron chi connectivity index (χ0n) is 9.42. The molecule has 2 fully saturated rings. The summed E-state index contributed by atoms with van der Waals surface area (Å²) in [4.78, 5) is 14.4. The van der Waals surface area contributed by atoms with E-state index < -0.39 is 0 Å². The van der Waals surface area contributed by atoms with Crippen molar-refractivity contribution in [1.82, 2.24) is 10.2 Å². The van der Waals surface area contributed by atoms with Gasteiger partial charge in [-0.15, -0.1) is 0 Å². The van der Waals surface area contributed by atoms with Crippen LogP contribution in [-0.4, -0.2) is 47.5 Å². The van der Waals surface area contributed by atoms with Crippen molar-refractivity contribution in [2.45, 2.75) is 31.7 Å². The van der Waals surface area contributed by atoms with Crippen LogP contribution in [0, 0.1) is 0 Å². The normalized spacial score (nSPS) is 32.7. The Morgan fingerprint density at radius 2 is 2.20 bits per heavy atom. The minimum atomic E-state index is -0.269. The van der Waals surface area contributed by atoms with Crippen molar-refractivity contribution in [2.24, 2.45) is 0 Å². The number of nitrogens with one attached hydrogen (secondary N) is 1. The average Bonchev–Trinajstić information content (AvgIpc) is 2.54. The molecule has 0 bridgehead atoms. The predicted molar refractivity (Wildman–Crippen MR) is 64.2 cm³/mol. The summed E-state index contributed by atoms with van der Waals surface area (Å²) in [5.74, 6) is 2.62. The third kappa shape index (κ3) is 2.48. The van der Waals surface area contributed by atoms with Crippen LogP contribution in [0.15, 0.2) is 0 Å². The molecule has 3 nitrogen and oxygen atoms in total. The largest absolute Gasteiger partial charge is 0.340 e. The topological polar surface area (TPSA) is 32.3 Å². The zero-order valence-corrected chi connectivity index (χ0v) is 10.2. The Kier molecular flexibility index (Phi) is 3.57. The summed E-state index contributed by atoms with van der Waals surface area (Å²) in [6.07, 6.45) is 3.27. The number of hydrogen-bond acceptors (Lipinski definition) is 3. The van der Waals surface area contributed by atoms with Gasteiger partial charge in [-0.1, -0.05) is 0 Å². The highest BCUT2D eigenvalue weighted by Crippen LogP contribution is 2.22. The van der Waals surface area contributed by atoms with Gasteiger partial charge in [-0.2, -0.15) is 11.8 Å². The second-order valence-electron chi connectivity index (χ2n) is 4.62. The van der Waals surface area contributed by atoms with E-state index in [1.807, 2.05) is 11.8 Å². The van der Waals surface area contributed by atoms with Crippen LogP contribution < -0.4 is 5.32 Å². The van der Waals surface area contributed by atoms with Gasteiger partial charge in [-0.25, -0.2) is 0 Å². The summed E-state index contributed by atoms with van der Waals surface area (Å²) < 4.78 is 0. The Balaban J connectivity index is 1.98. The summed E-state index contributed by atoms with van der Waals surface area (Å²) in [7, 11) is 0. The Morgan fingerprint density at radius 3 is 2.93 bits per heavy atom. The molecular weight excluding hydrogens is 208 g/mol. The van der Waals surface area contributed by atoms with Crippen LogP contribution in [0.1, 0.15) is 26.2 Å². The molecule has 1 atom stereocenters. The third-order valence-corrected chi connectivity index (χ3v) is 4.40. The Hall–Kier alpha value is -0.220. The van der Waals surface area contributed by atoms with E-state index in [1.165, 1.54) is 5.75 Å². The highest BCUT2D eigenvalue weighted by Gasteiger charge is 2.38. The molecule has 0 spiro atoms. The summed E-state index contributed by atoms with van der Waals surface area (Å²) in [6.45, 7) is 4.93. The van der Waals surface area contributed by atoms with Crippen LogP contribution in [-0.2, 0) is 4.79 Å². The molecule has 1 amide bonds. The standard InChI is InChI=1S/C11H20N2OS/c1-11(4-2-5-12-11)10(14)13-6-3-8-15-9-7-13/h12H,2-9H2,1H3. The van der Waals surface area contributed by atoms with Gasteiger partial charge in [0.25, 0.3) is 0 Å². The number of carbonyl (C=O) groups is 1. The summed E-state index contributed by atoms with van der Waals surface area (Å²) >= 11 is 1.96. The maximum absolute atomic E-state index is 12.3. The van der Waals surface area contributed by atoms with Gasteiger partial charge in [0.15, 0.2) is 0 Å². The highest BCUT2D eigenvalue weighted by molar-refractivity contribution is 7.99. The molecule has 4 heteroatoms. The first-order valence-corrected chi connectivity index (χ1v) is 7.00. The van der Waals surface area contributed by atoms with Crippen LogP contribution in [0.5, 0.6) is 0 Å². The summed E-state index contributed by atoms with van der Waals surface area (Å²) in [6, 6.07) is 0. The molecule has 0 aliphatic carbocycles. The van der Waals surface area contributed by atoms with E-state index >= 15 is 0 Å². The van der Waals surface area contributed by atoms with E-state index in [0.717, 1.165) is 44.6 Å². The lowest BCUT2D eigenvalue weighted by molar-refractivity contribution is -0.136. The van der Waals surface area contributed by atoms with E-state index in [4.69, 9.17) is 0 Å². The van der Waals surface area contributed by atoms with Crippen molar-refractivity contribution < 1.29 is 4.79 Å². The van der Waals surface area contributed by atoms with Crippen molar-refractivity contribution in [2.75, 3.05) is 31.1 Å². The molecule has 0 aromatic heterocycles. The maximum atomic E-state index is 12.3. The molecule has 15 heavy (non-hydrogen) atoms. The zero-order chi connectivity index (χ0) is 10.7. The van der Waals surface area contributed by atoms with E-state index in [-0.39, 0.29) is 5.54 Å². The van der Waals surface area contributed by atoms with Gasteiger partial charge < -0.3 is 10.2 Å². The molecule has 0 aromatic rings. The van der Waals surface area contributed by atoms with E-state index in [9.17, 15) is 4.79 Å². The van der Waals surface area contributed by atoms with Crippen LogP contribution in [0.2, 0.25) is 0 Å². The van der Waals surface area contributed by atoms with Crippen LogP contribution >= 0.6 is 11.8 Å². The minimum absolute atomic E-state index is 0.269. The van der Waals surface area contributed by atoms with Gasteiger partial charge in [0.2, 0.25) is 5.91 Å². The molecular formula is C11H20N2OS. The summed E-state index contributed by atoms with van der Waals surface area (Å²) in [5.41, 5.74) is -0.269. The number of carbonyl (C=O) groups excluding carboxylic acids is 1. The smallest absolute Gasteiger partial charge is 0.242 e. The first kappa shape index (κ1) is 11.3. The molecule has 0 saturated carbocycles. The summed E-state index contributed by atoms with van der Waals surface area (Å²) in [5, 5.41) is 3.35. The van der Waals surface area contributed by atoms with Gasteiger partial charge in [0.05, 0.1) is 5.54 Å². The molecule has 0 aromatic carbocycles. The van der Waals surface area contributed by atoms with E-state index in [1.54, 1.807) is 0 Å². The van der Waals surface area contributed by atoms with E-state index in [0.29, 0.717) is 5.91 Å². The molecule has 2 heterocycles. The van der Waals surface area contributed by atoms with Crippen LogP contribution in [0.4, 0.5) is 0 Å². The number of rotatable bonds is 1. The molecule has 2 aliphatic rings. The molecule has 2 rings (SSSR count). The number of hydrogen-bond donors (Lipinski definition) is 1. The second-order valence-corrected chi connectivity index (χ2v) is 5.85. The fourth-order valence-electron chi connectivity index (χ4n) is 2.38. The number of amides is 1. The Labute approximate surface area is 96.0 Å². The Morgan fingerprint density at radius 1 is 1.33 bits per heavy atom. The van der Waals surface area contributed by atoms with Gasteiger partial charge in [-0.3, -0.25) is 4.79 Å². The van der Waals surface area contributed by atoms with Gasteiger partial charge in [0, 0.05) is 18.8 Å². The number of nitrogens with zero attached hydrogens (tertiary/aromatic N) is 1. The first-order chi connectivity index (χ1) is 7.22. The fourth-order valence-corrected chi connectivity index (χ4v) is 3.26. The lowest BCUT2D eigenvalue weighted by Crippen LogP contribution is -2.53. The first-order valence-electron chi connectivity index (χ1n) is 5.84. The minimum Gasteiger partial charge on any atom is -0.340 e. The van der Waals surface area contributed by atoms with Gasteiger partial charge in [-0.05, 0) is 38.5 Å². The fraction of sp³-hybridized carbons (Fsp3) is 0.909. The van der Waals surface area contributed by atoms with Crippen molar-refractivity contribution >= 4 is 17.7 Å². The molecule has 86 valence electrons. The monoisotopic (exact) mass is 228 g/mol. The number of thioether (sulfide) groups is 1. The van der Waals surface area contributed by atoms with Crippen molar-refractivity contribution in [1.29, 1.82) is 0 Å². The molecule has 1 unspecified atom stereocenters. The highest BCUT2D eigenvalue weighted by atomic mass is 32.2. The van der Waals surface area contributed by atoms with Gasteiger partial charge >= 0.3 is 0 Å². The molecule has 2 aliphatic heterocycles. The predicted octanol–water partition coefficient (Wildman–Crippen LogP) is 1.09. The quantitative estimate of drug-likeness (QED) is 0.729. The molecule has 2 saturated heterocycles. The molecule has 1 N–H and O–H groups in total. The molecule has 0 radical (unpaired) electrons. The Bertz CT molecular complexity index is 231. The lowest BCUT2D eigenvalue weighted by atomic mass is 9.98. The van der Waals surface area contributed by atoms with Crippen molar-refractivity contribution in [3.8, 4) is 0 Å². The third-order valence-electron chi connectivity index (χ3n) is 3.35. The van der Waals surface area contributed by atoms with Crippen molar-refractivity contribution in [3.05, 3.63) is 0 Å². The van der Waals surface area contributed by atoms with Crippen LogP contribution in [0.25, 0.3) is 0 Å². The van der Waals surface area contributed by atoms with Gasteiger partial charge in [0.1, 0.15) is 0 Å².